The van der Waals surface area contributed by atoms with Gasteiger partial charge in [-0.15, -0.1) is 0 Å². The van der Waals surface area contributed by atoms with Crippen LogP contribution in [0.3, 0.4) is 0 Å². The van der Waals surface area contributed by atoms with E-state index < -0.39 is 24.3 Å². The monoisotopic (exact) mass is 214 g/mol. The Labute approximate surface area is 77.6 Å². The fourth-order valence-corrected chi connectivity index (χ4v) is 0.487. The Bertz CT molecular complexity index is 239. The van der Waals surface area contributed by atoms with E-state index in [0.717, 1.165) is 4.90 Å². The number of amides is 1. The molecule has 82 valence electrons. The summed E-state index contributed by atoms with van der Waals surface area (Å²) in [5.74, 6) is -3.41. The highest BCUT2D eigenvalue weighted by Crippen LogP contribution is 2.16. The second kappa shape index (κ2) is 4.27. The van der Waals surface area contributed by atoms with Crippen molar-refractivity contribution in [1.29, 1.82) is 0 Å². The topological polar surface area (TPSA) is 72.6 Å². The molecule has 1 atom stereocenters. The van der Waals surface area contributed by atoms with Crippen LogP contribution in [0.25, 0.3) is 0 Å². The zero-order chi connectivity index (χ0) is 11.5. The van der Waals surface area contributed by atoms with E-state index in [1.54, 1.807) is 0 Å². The molecule has 8 heteroatoms. The van der Waals surface area contributed by atoms with Crippen LogP contribution in [-0.2, 0) is 14.3 Å². The van der Waals surface area contributed by atoms with E-state index in [1.165, 1.54) is 14.1 Å². The van der Waals surface area contributed by atoms with Crippen LogP contribution >= 0.6 is 0 Å². The van der Waals surface area contributed by atoms with Crippen molar-refractivity contribution in [2.45, 2.75) is 12.4 Å². The van der Waals surface area contributed by atoms with Crippen LogP contribution in [0.2, 0.25) is 0 Å². The first-order chi connectivity index (χ1) is 6.16. The van der Waals surface area contributed by atoms with Crippen molar-refractivity contribution in [1.82, 2.24) is 4.90 Å². The van der Waals surface area contributed by atoms with Crippen LogP contribution in [0.4, 0.5) is 13.2 Å². The minimum atomic E-state index is -5.15. The number of ether oxygens (including phenoxy) is 1. The molecule has 0 spiro atoms. The number of halogens is 3. The molecule has 0 radical (unpaired) electrons. The number of hydrogen-bond donors (Lipinski definition) is 1. The second-order valence-electron chi connectivity index (χ2n) is 2.56. The first-order valence-electron chi connectivity index (χ1n) is 3.41. The molecule has 1 amide bonds. The Kier molecular flexibility index (Phi) is 3.87. The zero-order valence-electron chi connectivity index (χ0n) is 7.46. The molecule has 0 bridgehead atoms. The van der Waals surface area contributed by atoms with Crippen molar-refractivity contribution in [2.24, 2.45) is 5.73 Å². The van der Waals surface area contributed by atoms with Crippen molar-refractivity contribution in [3.63, 3.8) is 0 Å². The van der Waals surface area contributed by atoms with E-state index in [9.17, 15) is 22.8 Å². The van der Waals surface area contributed by atoms with E-state index in [-0.39, 0.29) is 0 Å². The average molecular weight is 214 g/mol. The maximum Gasteiger partial charge on any atom is 0.490 e. The van der Waals surface area contributed by atoms with Gasteiger partial charge in [-0.25, -0.2) is 4.79 Å². The first kappa shape index (κ1) is 12.7. The lowest BCUT2D eigenvalue weighted by atomic mass is 10.5. The van der Waals surface area contributed by atoms with Gasteiger partial charge in [-0.05, 0) is 0 Å². The van der Waals surface area contributed by atoms with Crippen LogP contribution in [-0.4, -0.2) is 43.3 Å². The summed E-state index contributed by atoms with van der Waals surface area (Å²) in [6.07, 6.45) is -7.08. The number of hydrogen-bond acceptors (Lipinski definition) is 4. The van der Waals surface area contributed by atoms with E-state index in [1.807, 2.05) is 0 Å². The third-order valence-electron chi connectivity index (χ3n) is 1.15. The Balaban J connectivity index is 4.27. The van der Waals surface area contributed by atoms with E-state index >= 15 is 0 Å². The summed E-state index contributed by atoms with van der Waals surface area (Å²) in [5, 5.41) is 0. The van der Waals surface area contributed by atoms with Crippen molar-refractivity contribution in [3.8, 4) is 0 Å². The standard InChI is InChI=1S/C6H9F3N2O3/c1-11(2)4(12)3(10)14-5(13)6(7,8)9/h3H,10H2,1-2H3. The molecule has 0 aliphatic heterocycles. The first-order valence-corrected chi connectivity index (χ1v) is 3.41. The van der Waals surface area contributed by atoms with Crippen LogP contribution in [0.1, 0.15) is 0 Å². The molecule has 0 heterocycles. The quantitative estimate of drug-likeness (QED) is 0.495. The van der Waals surface area contributed by atoms with Gasteiger partial charge in [0.1, 0.15) is 0 Å². The third kappa shape index (κ3) is 3.60. The van der Waals surface area contributed by atoms with Crippen molar-refractivity contribution in [2.75, 3.05) is 14.1 Å². The molecule has 0 aromatic rings. The molecular weight excluding hydrogens is 205 g/mol. The molecule has 0 aliphatic carbocycles. The number of nitrogens with zero attached hydrogens (tertiary/aromatic N) is 1. The number of esters is 1. The maximum atomic E-state index is 11.6. The molecule has 5 nitrogen and oxygen atoms in total. The van der Waals surface area contributed by atoms with Gasteiger partial charge in [0.05, 0.1) is 0 Å². The molecule has 0 saturated heterocycles. The third-order valence-corrected chi connectivity index (χ3v) is 1.15. The summed E-state index contributed by atoms with van der Waals surface area (Å²) in [7, 11) is 2.53. The molecule has 0 rings (SSSR count). The normalized spacial score (nSPS) is 13.3. The molecule has 0 saturated carbocycles. The number of likely N-dealkylation sites (N-methyl/N-ethyl adjacent to an activating group) is 1. The molecule has 1 unspecified atom stereocenters. The largest absolute Gasteiger partial charge is 0.490 e. The summed E-state index contributed by atoms with van der Waals surface area (Å²) in [5.41, 5.74) is 4.88. The van der Waals surface area contributed by atoms with Crippen molar-refractivity contribution >= 4 is 11.9 Å². The van der Waals surface area contributed by atoms with Crippen LogP contribution < -0.4 is 5.73 Å². The molecule has 0 aromatic heterocycles. The lowest BCUT2D eigenvalue weighted by molar-refractivity contribution is -0.205. The molecule has 14 heavy (non-hydrogen) atoms. The summed E-state index contributed by atoms with van der Waals surface area (Å²) >= 11 is 0. The molecule has 0 aromatic carbocycles. The minimum absolute atomic E-state index is 0.911. The smallest absolute Gasteiger partial charge is 0.430 e. The molecule has 2 N–H and O–H groups in total. The number of rotatable bonds is 2. The second-order valence-corrected chi connectivity index (χ2v) is 2.56. The number of alkyl halides is 3. The fraction of sp³-hybridized carbons (Fsp3) is 0.667. The van der Waals surface area contributed by atoms with Crippen molar-refractivity contribution < 1.29 is 27.5 Å². The van der Waals surface area contributed by atoms with E-state index in [0.29, 0.717) is 0 Å². The Morgan fingerprint density at radius 3 is 2.07 bits per heavy atom. The SMILES string of the molecule is CN(C)C(=O)C(N)OC(=O)C(F)(F)F. The number of nitrogens with two attached hydrogens (primary N) is 1. The Morgan fingerprint density at radius 1 is 1.36 bits per heavy atom. The Hall–Kier alpha value is -1.31. The Morgan fingerprint density at radius 2 is 1.79 bits per heavy atom. The summed E-state index contributed by atoms with van der Waals surface area (Å²) in [4.78, 5) is 22.0. The predicted molar refractivity (Wildman–Crippen MR) is 38.8 cm³/mol. The number of carbonyl (C=O) groups is 2. The highest BCUT2D eigenvalue weighted by molar-refractivity contribution is 5.84. The van der Waals surface area contributed by atoms with Crippen LogP contribution in [0.5, 0.6) is 0 Å². The molecule has 0 aliphatic rings. The van der Waals surface area contributed by atoms with Gasteiger partial charge >= 0.3 is 12.1 Å². The van der Waals surface area contributed by atoms with Crippen LogP contribution in [0, 0.1) is 0 Å². The fourth-order valence-electron chi connectivity index (χ4n) is 0.487. The summed E-state index contributed by atoms with van der Waals surface area (Å²) < 4.78 is 38.5. The van der Waals surface area contributed by atoms with Gasteiger partial charge in [-0.1, -0.05) is 0 Å². The van der Waals surface area contributed by atoms with Gasteiger partial charge in [0.25, 0.3) is 5.91 Å². The molecule has 0 fully saturated rings. The van der Waals surface area contributed by atoms with Crippen molar-refractivity contribution in [3.05, 3.63) is 0 Å². The molecular formula is C6H9F3N2O3. The number of carbonyl (C=O) groups excluding carboxylic acids is 2. The summed E-state index contributed by atoms with van der Waals surface area (Å²) in [6.45, 7) is 0. The van der Waals surface area contributed by atoms with E-state index in [2.05, 4.69) is 4.74 Å². The highest BCUT2D eigenvalue weighted by Gasteiger charge is 2.42. The summed E-state index contributed by atoms with van der Waals surface area (Å²) in [6, 6.07) is 0. The van der Waals surface area contributed by atoms with Gasteiger partial charge in [0, 0.05) is 14.1 Å². The lowest BCUT2D eigenvalue weighted by Gasteiger charge is -2.17. The lowest BCUT2D eigenvalue weighted by Crippen LogP contribution is -2.45. The van der Waals surface area contributed by atoms with Gasteiger partial charge in [-0.2, -0.15) is 13.2 Å². The zero-order valence-corrected chi connectivity index (χ0v) is 7.46. The van der Waals surface area contributed by atoms with Gasteiger partial charge in [-0.3, -0.25) is 10.5 Å². The van der Waals surface area contributed by atoms with Gasteiger partial charge < -0.3 is 9.64 Å². The maximum absolute atomic E-state index is 11.6. The minimum Gasteiger partial charge on any atom is -0.430 e. The average Bonchev–Trinajstić information content (AvgIpc) is 2.00. The predicted octanol–water partition coefficient (Wildman–Crippen LogP) is -0.535. The van der Waals surface area contributed by atoms with Crippen LogP contribution in [0.15, 0.2) is 0 Å². The van der Waals surface area contributed by atoms with E-state index in [4.69, 9.17) is 5.73 Å². The van der Waals surface area contributed by atoms with Gasteiger partial charge in [0.2, 0.25) is 6.23 Å². The highest BCUT2D eigenvalue weighted by atomic mass is 19.4. The van der Waals surface area contributed by atoms with Gasteiger partial charge in [0.15, 0.2) is 0 Å².